The highest BCUT2D eigenvalue weighted by atomic mass is 16.5. The molecular weight excluding hydrogens is 214 g/mol. The lowest BCUT2D eigenvalue weighted by Gasteiger charge is -2.22. The SMILES string of the molecule is Nc1ccc(C(=O)CCC2CCCCO2)cc1. The number of nitrogens with two attached hydrogens (primary N) is 1. The van der Waals surface area contributed by atoms with Gasteiger partial charge in [-0.25, -0.2) is 0 Å². The van der Waals surface area contributed by atoms with Gasteiger partial charge in [0.05, 0.1) is 6.10 Å². The van der Waals surface area contributed by atoms with Crippen LogP contribution in [-0.4, -0.2) is 18.5 Å². The van der Waals surface area contributed by atoms with Gasteiger partial charge in [-0.2, -0.15) is 0 Å². The van der Waals surface area contributed by atoms with Crippen molar-refractivity contribution in [3.05, 3.63) is 29.8 Å². The van der Waals surface area contributed by atoms with Crippen molar-refractivity contribution in [3.63, 3.8) is 0 Å². The predicted octanol–water partition coefficient (Wildman–Crippen LogP) is 2.80. The normalized spacial score (nSPS) is 20.1. The Morgan fingerprint density at radius 1 is 1.29 bits per heavy atom. The summed E-state index contributed by atoms with van der Waals surface area (Å²) in [5.74, 6) is 0.180. The minimum Gasteiger partial charge on any atom is -0.399 e. The topological polar surface area (TPSA) is 52.3 Å². The third-order valence-corrected chi connectivity index (χ3v) is 3.20. The van der Waals surface area contributed by atoms with Crippen molar-refractivity contribution in [2.24, 2.45) is 0 Å². The number of rotatable bonds is 4. The Morgan fingerprint density at radius 2 is 2.06 bits per heavy atom. The van der Waals surface area contributed by atoms with E-state index in [0.717, 1.165) is 31.4 Å². The standard InChI is InChI=1S/C14H19NO2/c15-12-6-4-11(5-7-12)14(16)9-8-13-3-1-2-10-17-13/h4-7,13H,1-3,8-10,15H2. The highest BCUT2D eigenvalue weighted by molar-refractivity contribution is 5.96. The number of carbonyl (C=O) groups is 1. The minimum atomic E-state index is 0.180. The lowest BCUT2D eigenvalue weighted by Crippen LogP contribution is -2.20. The predicted molar refractivity (Wildman–Crippen MR) is 68.0 cm³/mol. The van der Waals surface area contributed by atoms with Gasteiger partial charge in [0.2, 0.25) is 0 Å². The first-order valence-electron chi connectivity index (χ1n) is 6.26. The number of anilines is 1. The molecule has 0 aliphatic carbocycles. The first-order chi connectivity index (χ1) is 8.25. The van der Waals surface area contributed by atoms with Gasteiger partial charge in [0.25, 0.3) is 0 Å². The van der Waals surface area contributed by atoms with Crippen molar-refractivity contribution in [1.82, 2.24) is 0 Å². The maximum absolute atomic E-state index is 11.9. The van der Waals surface area contributed by atoms with Gasteiger partial charge in [-0.05, 0) is 49.9 Å². The molecule has 1 fully saturated rings. The average Bonchev–Trinajstić information content (AvgIpc) is 2.38. The number of benzene rings is 1. The van der Waals surface area contributed by atoms with E-state index in [1.54, 1.807) is 24.3 Å². The Balaban J connectivity index is 1.82. The third-order valence-electron chi connectivity index (χ3n) is 3.20. The molecule has 3 heteroatoms. The third kappa shape index (κ3) is 3.56. The van der Waals surface area contributed by atoms with Crippen LogP contribution in [0.4, 0.5) is 5.69 Å². The largest absolute Gasteiger partial charge is 0.399 e. The van der Waals surface area contributed by atoms with E-state index in [1.807, 2.05) is 0 Å². The molecule has 1 heterocycles. The van der Waals surface area contributed by atoms with Gasteiger partial charge in [-0.15, -0.1) is 0 Å². The quantitative estimate of drug-likeness (QED) is 0.642. The Bertz CT molecular complexity index is 366. The second-order valence-electron chi connectivity index (χ2n) is 4.57. The van der Waals surface area contributed by atoms with Crippen molar-refractivity contribution in [1.29, 1.82) is 0 Å². The van der Waals surface area contributed by atoms with Crippen LogP contribution in [0.2, 0.25) is 0 Å². The van der Waals surface area contributed by atoms with Crippen LogP contribution in [0.25, 0.3) is 0 Å². The Labute approximate surface area is 102 Å². The van der Waals surface area contributed by atoms with E-state index >= 15 is 0 Å². The molecule has 0 saturated carbocycles. The highest BCUT2D eigenvalue weighted by Crippen LogP contribution is 2.18. The molecule has 3 nitrogen and oxygen atoms in total. The molecule has 2 rings (SSSR count). The minimum absolute atomic E-state index is 0.180. The number of ether oxygens (including phenoxy) is 1. The molecule has 0 amide bonds. The molecule has 92 valence electrons. The number of Topliss-reactive ketones (excluding diaryl/α,β-unsaturated/α-hetero) is 1. The second-order valence-corrected chi connectivity index (χ2v) is 4.57. The van der Waals surface area contributed by atoms with Crippen LogP contribution in [0, 0.1) is 0 Å². The van der Waals surface area contributed by atoms with Gasteiger partial charge in [0.15, 0.2) is 5.78 Å². The molecule has 1 unspecified atom stereocenters. The van der Waals surface area contributed by atoms with Crippen LogP contribution in [0.1, 0.15) is 42.5 Å². The first kappa shape index (κ1) is 12.1. The molecule has 0 spiro atoms. The zero-order valence-corrected chi connectivity index (χ0v) is 10.0. The summed E-state index contributed by atoms with van der Waals surface area (Å²) in [7, 11) is 0. The van der Waals surface area contributed by atoms with Crippen LogP contribution in [-0.2, 0) is 4.74 Å². The zero-order chi connectivity index (χ0) is 12.1. The molecule has 1 aliphatic heterocycles. The van der Waals surface area contributed by atoms with Crippen LogP contribution in [0.5, 0.6) is 0 Å². The van der Waals surface area contributed by atoms with E-state index < -0.39 is 0 Å². The fourth-order valence-electron chi connectivity index (χ4n) is 2.14. The fraction of sp³-hybridized carbons (Fsp3) is 0.500. The maximum atomic E-state index is 11.9. The number of nitrogen functional groups attached to an aromatic ring is 1. The monoisotopic (exact) mass is 233 g/mol. The summed E-state index contributed by atoms with van der Waals surface area (Å²) in [5.41, 5.74) is 7.02. The molecule has 0 radical (unpaired) electrons. The molecule has 1 saturated heterocycles. The van der Waals surface area contributed by atoms with Crippen molar-refractivity contribution < 1.29 is 9.53 Å². The van der Waals surface area contributed by atoms with E-state index in [1.165, 1.54) is 6.42 Å². The number of ketones is 1. The molecule has 1 aliphatic rings. The van der Waals surface area contributed by atoms with Gasteiger partial charge < -0.3 is 10.5 Å². The molecule has 17 heavy (non-hydrogen) atoms. The molecule has 0 aromatic heterocycles. The van der Waals surface area contributed by atoms with Crippen molar-refractivity contribution in [3.8, 4) is 0 Å². The lowest BCUT2D eigenvalue weighted by atomic mass is 10.0. The summed E-state index contributed by atoms with van der Waals surface area (Å²) >= 11 is 0. The molecule has 1 atom stereocenters. The van der Waals surface area contributed by atoms with E-state index in [4.69, 9.17) is 10.5 Å². The number of hydrogen-bond donors (Lipinski definition) is 1. The summed E-state index contributed by atoms with van der Waals surface area (Å²) in [6.07, 6.45) is 5.15. The Kier molecular flexibility index (Phi) is 4.15. The van der Waals surface area contributed by atoms with Crippen LogP contribution < -0.4 is 5.73 Å². The highest BCUT2D eigenvalue weighted by Gasteiger charge is 2.15. The number of hydrogen-bond acceptors (Lipinski definition) is 3. The van der Waals surface area contributed by atoms with Gasteiger partial charge in [0, 0.05) is 24.3 Å². The van der Waals surface area contributed by atoms with Gasteiger partial charge in [-0.3, -0.25) is 4.79 Å². The summed E-state index contributed by atoms with van der Waals surface area (Å²) in [6, 6.07) is 7.12. The second kappa shape index (κ2) is 5.82. The van der Waals surface area contributed by atoms with E-state index in [0.29, 0.717) is 12.1 Å². The first-order valence-corrected chi connectivity index (χ1v) is 6.26. The van der Waals surface area contributed by atoms with E-state index in [2.05, 4.69) is 0 Å². The van der Waals surface area contributed by atoms with E-state index in [-0.39, 0.29) is 11.9 Å². The smallest absolute Gasteiger partial charge is 0.162 e. The van der Waals surface area contributed by atoms with Gasteiger partial charge in [0.1, 0.15) is 0 Å². The summed E-state index contributed by atoms with van der Waals surface area (Å²) in [4.78, 5) is 11.9. The molecular formula is C14H19NO2. The van der Waals surface area contributed by atoms with Crippen LogP contribution >= 0.6 is 0 Å². The van der Waals surface area contributed by atoms with Gasteiger partial charge >= 0.3 is 0 Å². The molecule has 1 aromatic rings. The Morgan fingerprint density at radius 3 is 2.71 bits per heavy atom. The summed E-state index contributed by atoms with van der Waals surface area (Å²) in [5, 5.41) is 0. The zero-order valence-electron chi connectivity index (χ0n) is 10.0. The maximum Gasteiger partial charge on any atom is 0.162 e. The van der Waals surface area contributed by atoms with E-state index in [9.17, 15) is 4.79 Å². The summed E-state index contributed by atoms with van der Waals surface area (Å²) in [6.45, 7) is 0.848. The van der Waals surface area contributed by atoms with Crippen LogP contribution in [0.15, 0.2) is 24.3 Å². The molecule has 1 aromatic carbocycles. The Hall–Kier alpha value is -1.35. The molecule has 2 N–H and O–H groups in total. The van der Waals surface area contributed by atoms with Crippen LogP contribution in [0.3, 0.4) is 0 Å². The average molecular weight is 233 g/mol. The van der Waals surface area contributed by atoms with Crippen molar-refractivity contribution >= 4 is 11.5 Å². The van der Waals surface area contributed by atoms with Gasteiger partial charge in [-0.1, -0.05) is 0 Å². The number of carbonyl (C=O) groups excluding carboxylic acids is 1. The fourth-order valence-corrected chi connectivity index (χ4v) is 2.14. The molecule has 0 bridgehead atoms. The van der Waals surface area contributed by atoms with Crippen molar-refractivity contribution in [2.75, 3.05) is 12.3 Å². The van der Waals surface area contributed by atoms with Crippen molar-refractivity contribution in [2.45, 2.75) is 38.2 Å². The lowest BCUT2D eigenvalue weighted by molar-refractivity contribution is 0.0104. The summed E-state index contributed by atoms with van der Waals surface area (Å²) < 4.78 is 5.61.